The van der Waals surface area contributed by atoms with Crippen LogP contribution in [0, 0.1) is 0 Å². The molecular formula is C9H18O3S. The predicted molar refractivity (Wildman–Crippen MR) is 54.1 cm³/mol. The fourth-order valence-electron chi connectivity index (χ4n) is 1.38. The molecule has 1 fully saturated rings. The van der Waals surface area contributed by atoms with Crippen molar-refractivity contribution >= 4 is 12.6 Å². The molecule has 1 aliphatic heterocycles. The molecule has 0 N–H and O–H groups in total. The van der Waals surface area contributed by atoms with E-state index in [-0.39, 0.29) is 23.7 Å². The quantitative estimate of drug-likeness (QED) is 0.706. The second-order valence-corrected chi connectivity index (χ2v) is 4.10. The normalized spacial score (nSPS) is 34.4. The molecule has 1 heterocycles. The van der Waals surface area contributed by atoms with Crippen LogP contribution in [0.4, 0.5) is 0 Å². The average Bonchev–Trinajstić information content (AvgIpc) is 2.42. The van der Waals surface area contributed by atoms with Crippen LogP contribution in [0.15, 0.2) is 0 Å². The lowest BCUT2D eigenvalue weighted by molar-refractivity contribution is -0.0554. The predicted octanol–water partition coefficient (Wildman–Crippen LogP) is 1.47. The van der Waals surface area contributed by atoms with Crippen LogP contribution < -0.4 is 0 Å². The molecule has 1 saturated heterocycles. The zero-order chi connectivity index (χ0) is 9.84. The Morgan fingerprint density at radius 3 is 2.77 bits per heavy atom. The van der Waals surface area contributed by atoms with E-state index in [1.54, 1.807) is 7.11 Å². The van der Waals surface area contributed by atoms with Crippen LogP contribution in [0.3, 0.4) is 0 Å². The lowest BCUT2D eigenvalue weighted by atomic mass is 10.2. The Hall–Kier alpha value is 0.230. The number of rotatable bonds is 4. The second-order valence-electron chi connectivity index (χ2n) is 3.52. The Balaban J connectivity index is 2.31. The molecule has 0 aromatic rings. The maximum absolute atomic E-state index is 5.53. The lowest BCUT2D eigenvalue weighted by Crippen LogP contribution is -2.29. The van der Waals surface area contributed by atoms with Gasteiger partial charge < -0.3 is 14.2 Å². The molecule has 3 unspecified atom stereocenters. The second kappa shape index (κ2) is 5.20. The fraction of sp³-hybridized carbons (Fsp3) is 1.00. The zero-order valence-corrected chi connectivity index (χ0v) is 9.29. The molecule has 0 aliphatic carbocycles. The molecular weight excluding hydrogens is 188 g/mol. The first-order valence-electron chi connectivity index (χ1n) is 4.61. The third-order valence-corrected chi connectivity index (χ3v) is 2.41. The van der Waals surface area contributed by atoms with Crippen LogP contribution in [0.1, 0.15) is 20.3 Å². The minimum Gasteiger partial charge on any atom is -0.379 e. The van der Waals surface area contributed by atoms with Gasteiger partial charge in [0.05, 0.1) is 18.8 Å². The van der Waals surface area contributed by atoms with Gasteiger partial charge >= 0.3 is 0 Å². The molecule has 3 nitrogen and oxygen atoms in total. The summed E-state index contributed by atoms with van der Waals surface area (Å²) in [5, 5.41) is 0. The number of hydrogen-bond acceptors (Lipinski definition) is 4. The smallest absolute Gasteiger partial charge is 0.109 e. The summed E-state index contributed by atoms with van der Waals surface area (Å²) < 4.78 is 16.3. The number of ether oxygens (including phenoxy) is 3. The van der Waals surface area contributed by atoms with Gasteiger partial charge in [-0.15, -0.1) is 12.6 Å². The van der Waals surface area contributed by atoms with Gasteiger partial charge in [-0.05, 0) is 13.8 Å². The van der Waals surface area contributed by atoms with E-state index in [1.807, 2.05) is 13.8 Å². The van der Waals surface area contributed by atoms with E-state index >= 15 is 0 Å². The van der Waals surface area contributed by atoms with E-state index in [1.165, 1.54) is 0 Å². The monoisotopic (exact) mass is 206 g/mol. The topological polar surface area (TPSA) is 27.7 Å². The molecule has 1 rings (SSSR count). The van der Waals surface area contributed by atoms with Crippen molar-refractivity contribution in [2.75, 3.05) is 13.7 Å². The Morgan fingerprint density at radius 2 is 2.23 bits per heavy atom. The SMILES string of the molecule is COC1CC(S)OC1COC(C)C. The molecule has 78 valence electrons. The third kappa shape index (κ3) is 3.46. The van der Waals surface area contributed by atoms with E-state index in [0.717, 1.165) is 6.42 Å². The van der Waals surface area contributed by atoms with Gasteiger partial charge in [0.25, 0.3) is 0 Å². The highest BCUT2D eigenvalue weighted by atomic mass is 32.1. The van der Waals surface area contributed by atoms with Crippen LogP contribution in [-0.4, -0.2) is 37.5 Å². The van der Waals surface area contributed by atoms with Crippen molar-refractivity contribution in [3.63, 3.8) is 0 Å². The van der Waals surface area contributed by atoms with Crippen LogP contribution in [0.5, 0.6) is 0 Å². The van der Waals surface area contributed by atoms with E-state index in [0.29, 0.717) is 6.61 Å². The first kappa shape index (κ1) is 11.3. The van der Waals surface area contributed by atoms with Gasteiger partial charge in [0, 0.05) is 13.5 Å². The van der Waals surface area contributed by atoms with Gasteiger partial charge in [-0.1, -0.05) is 0 Å². The molecule has 4 heteroatoms. The van der Waals surface area contributed by atoms with Gasteiger partial charge in [-0.3, -0.25) is 0 Å². The Labute approximate surface area is 85.1 Å². The van der Waals surface area contributed by atoms with E-state index in [2.05, 4.69) is 12.6 Å². The van der Waals surface area contributed by atoms with Crippen molar-refractivity contribution in [3.05, 3.63) is 0 Å². The zero-order valence-electron chi connectivity index (χ0n) is 8.40. The molecule has 0 aromatic heterocycles. The highest BCUT2D eigenvalue weighted by Crippen LogP contribution is 2.25. The minimum absolute atomic E-state index is 0.00860. The molecule has 0 aromatic carbocycles. The van der Waals surface area contributed by atoms with Crippen molar-refractivity contribution < 1.29 is 14.2 Å². The number of hydrogen-bond donors (Lipinski definition) is 1. The summed E-state index contributed by atoms with van der Waals surface area (Å²) in [6, 6.07) is 0. The average molecular weight is 206 g/mol. The summed E-state index contributed by atoms with van der Waals surface area (Å²) >= 11 is 4.25. The molecule has 0 saturated carbocycles. The number of methoxy groups -OCH3 is 1. The molecule has 0 amide bonds. The Kier molecular flexibility index (Phi) is 4.52. The first-order chi connectivity index (χ1) is 6.13. The van der Waals surface area contributed by atoms with Gasteiger partial charge in [-0.2, -0.15) is 0 Å². The maximum Gasteiger partial charge on any atom is 0.109 e. The van der Waals surface area contributed by atoms with Crippen LogP contribution in [0.2, 0.25) is 0 Å². The van der Waals surface area contributed by atoms with Crippen LogP contribution >= 0.6 is 12.6 Å². The van der Waals surface area contributed by atoms with Crippen molar-refractivity contribution in [2.24, 2.45) is 0 Å². The third-order valence-electron chi connectivity index (χ3n) is 2.08. The summed E-state index contributed by atoms with van der Waals surface area (Å²) in [4.78, 5) is 0. The Bertz CT molecular complexity index is 152. The summed E-state index contributed by atoms with van der Waals surface area (Å²) in [6.07, 6.45) is 1.24. The molecule has 3 atom stereocenters. The van der Waals surface area contributed by atoms with Gasteiger partial charge in [0.15, 0.2) is 0 Å². The molecule has 0 bridgehead atoms. The fourth-order valence-corrected chi connectivity index (χ4v) is 1.74. The largest absolute Gasteiger partial charge is 0.379 e. The molecule has 13 heavy (non-hydrogen) atoms. The van der Waals surface area contributed by atoms with Crippen molar-refractivity contribution in [1.29, 1.82) is 0 Å². The lowest BCUT2D eigenvalue weighted by Gasteiger charge is -2.18. The summed E-state index contributed by atoms with van der Waals surface area (Å²) in [7, 11) is 1.70. The van der Waals surface area contributed by atoms with Crippen molar-refractivity contribution in [2.45, 2.75) is 44.0 Å². The standard InChI is InChI=1S/C9H18O3S/c1-6(2)11-5-8-7(10-3)4-9(13)12-8/h6-9,13H,4-5H2,1-3H3. The summed E-state index contributed by atoms with van der Waals surface area (Å²) in [5.41, 5.74) is -0.00860. The number of thiol groups is 1. The highest BCUT2D eigenvalue weighted by molar-refractivity contribution is 7.80. The van der Waals surface area contributed by atoms with Gasteiger partial charge in [-0.25, -0.2) is 0 Å². The van der Waals surface area contributed by atoms with E-state index in [9.17, 15) is 0 Å². The van der Waals surface area contributed by atoms with Gasteiger partial charge in [0.2, 0.25) is 0 Å². The minimum atomic E-state index is -0.00860. The summed E-state index contributed by atoms with van der Waals surface area (Å²) in [6.45, 7) is 4.61. The molecule has 0 radical (unpaired) electrons. The maximum atomic E-state index is 5.53. The summed E-state index contributed by atoms with van der Waals surface area (Å²) in [5.74, 6) is 0. The first-order valence-corrected chi connectivity index (χ1v) is 5.13. The van der Waals surface area contributed by atoms with E-state index < -0.39 is 0 Å². The van der Waals surface area contributed by atoms with E-state index in [4.69, 9.17) is 14.2 Å². The molecule has 1 aliphatic rings. The van der Waals surface area contributed by atoms with Crippen LogP contribution in [-0.2, 0) is 14.2 Å². The van der Waals surface area contributed by atoms with Gasteiger partial charge in [0.1, 0.15) is 11.5 Å². The van der Waals surface area contributed by atoms with Crippen molar-refractivity contribution in [1.82, 2.24) is 0 Å². The van der Waals surface area contributed by atoms with Crippen LogP contribution in [0.25, 0.3) is 0 Å². The molecule has 0 spiro atoms. The van der Waals surface area contributed by atoms with Crippen molar-refractivity contribution in [3.8, 4) is 0 Å². The Morgan fingerprint density at radius 1 is 1.54 bits per heavy atom. The highest BCUT2D eigenvalue weighted by Gasteiger charge is 2.33.